The van der Waals surface area contributed by atoms with E-state index in [-0.39, 0.29) is 11.7 Å². The highest BCUT2D eigenvalue weighted by atomic mass is 35.5. The molecule has 0 aliphatic rings. The van der Waals surface area contributed by atoms with E-state index in [4.69, 9.17) is 11.6 Å². The van der Waals surface area contributed by atoms with Crippen molar-refractivity contribution in [3.05, 3.63) is 59.7 Å². The lowest BCUT2D eigenvalue weighted by Gasteiger charge is -2.09. The molecule has 0 saturated carbocycles. The number of benzene rings is 2. The Morgan fingerprint density at radius 1 is 1.20 bits per heavy atom. The van der Waals surface area contributed by atoms with Crippen LogP contribution in [0.1, 0.15) is 18.3 Å². The first kappa shape index (κ1) is 13.1. The molecule has 4 heteroatoms. The number of aryl methyl sites for hydroxylation is 1. The molecular weight excluding hydrogens is 275 g/mol. The molecule has 0 fully saturated rings. The minimum Gasteiger partial charge on any atom is -0.295 e. The molecule has 0 radical (unpaired) electrons. The number of imidazole rings is 1. The van der Waals surface area contributed by atoms with Crippen molar-refractivity contribution < 1.29 is 4.39 Å². The molecule has 0 spiro atoms. The van der Waals surface area contributed by atoms with E-state index in [2.05, 4.69) is 24.0 Å². The van der Waals surface area contributed by atoms with Gasteiger partial charge in [-0.1, -0.05) is 19.1 Å². The molecule has 0 saturated heterocycles. The van der Waals surface area contributed by atoms with Gasteiger partial charge in [0.05, 0.1) is 16.9 Å². The second kappa shape index (κ2) is 5.25. The molecule has 2 nitrogen and oxygen atoms in total. The Morgan fingerprint density at radius 3 is 2.80 bits per heavy atom. The van der Waals surface area contributed by atoms with Crippen molar-refractivity contribution >= 4 is 22.6 Å². The normalized spacial score (nSPS) is 11.2. The molecule has 102 valence electrons. The Kier molecular flexibility index (Phi) is 3.45. The lowest BCUT2D eigenvalue weighted by Crippen LogP contribution is -2.00. The van der Waals surface area contributed by atoms with Crippen molar-refractivity contribution in [2.75, 3.05) is 0 Å². The first-order valence-corrected chi connectivity index (χ1v) is 7.08. The van der Waals surface area contributed by atoms with Gasteiger partial charge in [-0.2, -0.15) is 0 Å². The molecule has 0 bridgehead atoms. The molecule has 3 rings (SSSR count). The van der Waals surface area contributed by atoms with Crippen LogP contribution in [-0.4, -0.2) is 9.55 Å². The van der Waals surface area contributed by atoms with Gasteiger partial charge in [0.25, 0.3) is 0 Å². The van der Waals surface area contributed by atoms with Gasteiger partial charge in [-0.25, -0.2) is 9.37 Å². The van der Waals surface area contributed by atoms with E-state index in [9.17, 15) is 4.39 Å². The van der Waals surface area contributed by atoms with Gasteiger partial charge in [0.15, 0.2) is 0 Å². The summed E-state index contributed by atoms with van der Waals surface area (Å²) in [7, 11) is 0. The van der Waals surface area contributed by atoms with Gasteiger partial charge < -0.3 is 0 Å². The van der Waals surface area contributed by atoms with Crippen LogP contribution in [0.15, 0.2) is 42.5 Å². The van der Waals surface area contributed by atoms with E-state index in [0.29, 0.717) is 0 Å². The van der Waals surface area contributed by atoms with Crippen LogP contribution in [-0.2, 0) is 12.3 Å². The van der Waals surface area contributed by atoms with Crippen molar-refractivity contribution in [3.8, 4) is 5.69 Å². The van der Waals surface area contributed by atoms with Gasteiger partial charge in [-0.15, -0.1) is 11.6 Å². The van der Waals surface area contributed by atoms with Gasteiger partial charge in [0.1, 0.15) is 11.6 Å². The van der Waals surface area contributed by atoms with Crippen LogP contribution in [0.2, 0.25) is 0 Å². The average Bonchev–Trinajstić information content (AvgIpc) is 2.85. The maximum absolute atomic E-state index is 13.5. The molecule has 1 aromatic heterocycles. The summed E-state index contributed by atoms with van der Waals surface area (Å²) in [6, 6.07) is 12.7. The predicted octanol–water partition coefficient (Wildman–Crippen LogP) is 4.47. The largest absolute Gasteiger partial charge is 0.295 e. The van der Waals surface area contributed by atoms with Crippen molar-refractivity contribution in [3.63, 3.8) is 0 Å². The molecule has 0 aliphatic heterocycles. The summed E-state index contributed by atoms with van der Waals surface area (Å²) in [5, 5.41) is 0. The number of fused-ring (bicyclic) bond motifs is 1. The number of rotatable bonds is 3. The monoisotopic (exact) mass is 288 g/mol. The molecule has 0 unspecified atom stereocenters. The summed E-state index contributed by atoms with van der Waals surface area (Å²) in [6.45, 7) is 2.10. The zero-order chi connectivity index (χ0) is 14.1. The number of aromatic nitrogens is 2. The highest BCUT2D eigenvalue weighted by molar-refractivity contribution is 6.17. The zero-order valence-corrected chi connectivity index (χ0v) is 11.9. The predicted molar refractivity (Wildman–Crippen MR) is 80.0 cm³/mol. The minimum atomic E-state index is -0.272. The molecule has 20 heavy (non-hydrogen) atoms. The highest BCUT2D eigenvalue weighted by Gasteiger charge is 2.12. The highest BCUT2D eigenvalue weighted by Crippen LogP contribution is 2.24. The second-order valence-electron chi connectivity index (χ2n) is 4.65. The second-order valence-corrected chi connectivity index (χ2v) is 4.92. The van der Waals surface area contributed by atoms with E-state index in [1.165, 1.54) is 17.7 Å². The lowest BCUT2D eigenvalue weighted by atomic mass is 10.1. The van der Waals surface area contributed by atoms with Crippen LogP contribution in [0.25, 0.3) is 16.7 Å². The van der Waals surface area contributed by atoms with E-state index < -0.39 is 0 Å². The topological polar surface area (TPSA) is 17.8 Å². The molecule has 1 heterocycles. The van der Waals surface area contributed by atoms with Crippen molar-refractivity contribution in [2.45, 2.75) is 19.2 Å². The van der Waals surface area contributed by atoms with E-state index in [1.807, 2.05) is 16.7 Å². The third-order valence-corrected chi connectivity index (χ3v) is 3.62. The fraction of sp³-hybridized carbons (Fsp3) is 0.188. The van der Waals surface area contributed by atoms with Crippen LogP contribution in [0.5, 0.6) is 0 Å². The molecule has 0 atom stereocenters. The van der Waals surface area contributed by atoms with Crippen molar-refractivity contribution in [1.82, 2.24) is 9.55 Å². The standard InChI is InChI=1S/C16H14ClFN2/c1-2-11-4-3-5-13(8-11)20-15-9-12(18)6-7-14(15)19-16(20)10-17/h3-9H,2,10H2,1H3. The fourth-order valence-corrected chi connectivity index (χ4v) is 2.57. The first-order valence-electron chi connectivity index (χ1n) is 6.55. The Labute approximate surface area is 121 Å². The molecule has 3 aromatic rings. The first-order chi connectivity index (χ1) is 9.72. The number of nitrogens with zero attached hydrogens (tertiary/aromatic N) is 2. The summed E-state index contributed by atoms with van der Waals surface area (Å²) in [5.74, 6) is 0.735. The smallest absolute Gasteiger partial charge is 0.129 e. The summed E-state index contributed by atoms with van der Waals surface area (Å²) in [4.78, 5) is 4.47. The number of hydrogen-bond donors (Lipinski definition) is 0. The van der Waals surface area contributed by atoms with Gasteiger partial charge in [-0.05, 0) is 36.2 Å². The molecular formula is C16H14ClFN2. The van der Waals surface area contributed by atoms with Crippen molar-refractivity contribution in [1.29, 1.82) is 0 Å². The van der Waals surface area contributed by atoms with E-state index in [1.54, 1.807) is 6.07 Å². The lowest BCUT2D eigenvalue weighted by molar-refractivity contribution is 0.629. The maximum Gasteiger partial charge on any atom is 0.129 e. The van der Waals surface area contributed by atoms with Gasteiger partial charge in [0, 0.05) is 11.8 Å². The summed E-state index contributed by atoms with van der Waals surface area (Å²) in [5.41, 5.74) is 3.69. The third kappa shape index (κ3) is 2.18. The molecule has 2 aromatic carbocycles. The van der Waals surface area contributed by atoms with Gasteiger partial charge in [0.2, 0.25) is 0 Å². The molecule has 0 amide bonds. The van der Waals surface area contributed by atoms with Crippen LogP contribution < -0.4 is 0 Å². The quantitative estimate of drug-likeness (QED) is 0.650. The summed E-state index contributed by atoms with van der Waals surface area (Å²) >= 11 is 5.99. The van der Waals surface area contributed by atoms with Crippen LogP contribution >= 0.6 is 11.6 Å². The fourth-order valence-electron chi connectivity index (χ4n) is 2.39. The van der Waals surface area contributed by atoms with Crippen LogP contribution in [0.3, 0.4) is 0 Å². The third-order valence-electron chi connectivity index (χ3n) is 3.38. The Bertz CT molecular complexity index is 764. The van der Waals surface area contributed by atoms with Crippen LogP contribution in [0.4, 0.5) is 4.39 Å². The van der Waals surface area contributed by atoms with Gasteiger partial charge >= 0.3 is 0 Å². The van der Waals surface area contributed by atoms with E-state index in [0.717, 1.165) is 29.0 Å². The zero-order valence-electron chi connectivity index (χ0n) is 11.1. The number of alkyl halides is 1. The van der Waals surface area contributed by atoms with Crippen LogP contribution in [0, 0.1) is 5.82 Å². The number of hydrogen-bond acceptors (Lipinski definition) is 1. The van der Waals surface area contributed by atoms with Crippen molar-refractivity contribution in [2.24, 2.45) is 0 Å². The molecule has 0 N–H and O–H groups in total. The van der Waals surface area contributed by atoms with E-state index >= 15 is 0 Å². The maximum atomic E-state index is 13.5. The summed E-state index contributed by atoms with van der Waals surface area (Å²) < 4.78 is 15.4. The van der Waals surface area contributed by atoms with Gasteiger partial charge in [-0.3, -0.25) is 4.57 Å². The Morgan fingerprint density at radius 2 is 2.05 bits per heavy atom. The average molecular weight is 289 g/mol. The molecule has 0 aliphatic carbocycles. The minimum absolute atomic E-state index is 0.272. The summed E-state index contributed by atoms with van der Waals surface area (Å²) in [6.07, 6.45) is 0.949. The Hall–Kier alpha value is -1.87. The SMILES string of the molecule is CCc1cccc(-n2c(CCl)nc3ccc(F)cc32)c1. The number of halogens is 2. The Balaban J connectivity index is 2.29.